The van der Waals surface area contributed by atoms with Crippen LogP contribution in [0.5, 0.6) is 28.7 Å². The number of likely N-dealkylation sites (tertiary alicyclic amines) is 1. The second kappa shape index (κ2) is 26.0. The summed E-state index contributed by atoms with van der Waals surface area (Å²) in [5, 5.41) is 8.06. The maximum absolute atomic E-state index is 14.1. The number of fused-ring (bicyclic) bond motifs is 4. The lowest BCUT2D eigenvalue weighted by atomic mass is 10.0. The molecular weight excluding hydrogens is 1070 g/mol. The Bertz CT molecular complexity index is 3250. The molecule has 82 heavy (non-hydrogen) atoms. The standard InChI is InChI=1S/C61H68N8O12S/c1-35(2)56(66-54(70)12-9-8-10-21-67-55(71)30-53(82-7)61(67)76)58(73)64-36(3)57(72)65-41-17-13-37(14-18-41)39-24-42-31-62-47-28-51(49(78-5)26-45(47)59(74)68(42)33-39)80-22-11-23-81-52-29-48-46(27-50(52)79-6)60(75)69-34-40(25-43(69)32-63-48)38-15-19-44(77-4)20-16-38/h13-20,26-29,31-36,42-43,53,56H,8-12,21-25,30H2,1-7H3,(H,64,73)(H,65,72)(H,66,70)/t36-,42?,43-,53?,56?/m0/s1. The summed E-state index contributed by atoms with van der Waals surface area (Å²) >= 11 is 1.37. The third-order valence-corrected chi connectivity index (χ3v) is 15.9. The lowest BCUT2D eigenvalue weighted by Crippen LogP contribution is -2.53. The van der Waals surface area contributed by atoms with E-state index in [0.29, 0.717) is 96.3 Å². The van der Waals surface area contributed by atoms with Gasteiger partial charge < -0.3 is 49.4 Å². The van der Waals surface area contributed by atoms with Crippen molar-refractivity contribution in [1.29, 1.82) is 0 Å². The van der Waals surface area contributed by atoms with Gasteiger partial charge >= 0.3 is 0 Å². The van der Waals surface area contributed by atoms with Crippen molar-refractivity contribution < 1.29 is 57.2 Å². The Morgan fingerprint density at radius 2 is 1.20 bits per heavy atom. The predicted molar refractivity (Wildman–Crippen MR) is 313 cm³/mol. The summed E-state index contributed by atoms with van der Waals surface area (Å²) < 4.78 is 29.0. The van der Waals surface area contributed by atoms with Crippen LogP contribution in [0.3, 0.4) is 0 Å². The Balaban J connectivity index is 0.733. The molecule has 430 valence electrons. The van der Waals surface area contributed by atoms with Gasteiger partial charge in [0.2, 0.25) is 29.5 Å². The molecule has 20 nitrogen and oxygen atoms in total. The highest BCUT2D eigenvalue weighted by Crippen LogP contribution is 2.42. The van der Waals surface area contributed by atoms with Gasteiger partial charge in [-0.3, -0.25) is 48.4 Å². The number of nitrogens with one attached hydrogen (secondary N) is 3. The van der Waals surface area contributed by atoms with E-state index in [1.807, 2.05) is 55.1 Å². The molecule has 4 aromatic rings. The number of carbonyl (C=O) groups excluding carboxylic acids is 7. The molecular formula is C61H68N8O12S. The second-order valence-electron chi connectivity index (χ2n) is 20.9. The average molecular weight is 1140 g/mol. The van der Waals surface area contributed by atoms with E-state index in [4.69, 9.17) is 33.7 Å². The average Bonchev–Trinajstić information content (AvgIpc) is 3.94. The minimum atomic E-state index is -0.925. The lowest BCUT2D eigenvalue weighted by molar-refractivity contribution is -0.138. The molecule has 7 amide bonds. The second-order valence-corrected chi connectivity index (χ2v) is 21.9. The monoisotopic (exact) mass is 1140 g/mol. The summed E-state index contributed by atoms with van der Waals surface area (Å²) in [6.45, 7) is 6.01. The van der Waals surface area contributed by atoms with E-state index < -0.39 is 23.9 Å². The van der Waals surface area contributed by atoms with E-state index in [1.54, 1.807) is 86.5 Å². The van der Waals surface area contributed by atoms with E-state index in [1.165, 1.54) is 30.9 Å². The van der Waals surface area contributed by atoms with Gasteiger partial charge in [-0.05, 0) is 90.6 Å². The molecule has 3 N–H and O–H groups in total. The van der Waals surface area contributed by atoms with Crippen LogP contribution in [-0.4, -0.2) is 145 Å². The number of anilines is 1. The van der Waals surface area contributed by atoms with E-state index in [-0.39, 0.29) is 78.8 Å². The molecule has 0 bridgehead atoms. The van der Waals surface area contributed by atoms with Gasteiger partial charge in [0.05, 0.1) is 74.4 Å². The molecule has 5 heterocycles. The first-order valence-electron chi connectivity index (χ1n) is 27.4. The molecule has 0 spiro atoms. The molecule has 1 saturated heterocycles. The topological polar surface area (TPSA) is 236 Å². The number of benzene rings is 4. The van der Waals surface area contributed by atoms with Crippen molar-refractivity contribution in [2.45, 2.75) is 102 Å². The maximum atomic E-state index is 14.1. The zero-order valence-corrected chi connectivity index (χ0v) is 47.8. The van der Waals surface area contributed by atoms with Crippen LogP contribution in [0.25, 0.3) is 11.1 Å². The highest BCUT2D eigenvalue weighted by molar-refractivity contribution is 8.00. The third kappa shape index (κ3) is 13.0. The van der Waals surface area contributed by atoms with Gasteiger partial charge in [-0.2, -0.15) is 11.8 Å². The summed E-state index contributed by atoms with van der Waals surface area (Å²) in [5.74, 6) is 0.114. The van der Waals surface area contributed by atoms with Crippen LogP contribution < -0.4 is 39.6 Å². The number of ether oxygens (including phenoxy) is 5. The molecule has 0 radical (unpaired) electrons. The van der Waals surface area contributed by atoms with Crippen LogP contribution in [0.15, 0.2) is 95.2 Å². The van der Waals surface area contributed by atoms with Crippen molar-refractivity contribution in [3.05, 3.63) is 107 Å². The van der Waals surface area contributed by atoms with Gasteiger partial charge in [0.25, 0.3) is 11.8 Å². The molecule has 21 heteroatoms. The minimum Gasteiger partial charge on any atom is -0.497 e. The first-order chi connectivity index (χ1) is 39.6. The summed E-state index contributed by atoms with van der Waals surface area (Å²) in [4.78, 5) is 106. The fourth-order valence-electron chi connectivity index (χ4n) is 10.3. The van der Waals surface area contributed by atoms with Gasteiger partial charge in [-0.1, -0.05) is 44.5 Å². The number of imide groups is 1. The summed E-state index contributed by atoms with van der Waals surface area (Å²) in [6, 6.07) is 19.3. The van der Waals surface area contributed by atoms with Crippen LogP contribution >= 0.6 is 11.8 Å². The van der Waals surface area contributed by atoms with E-state index >= 15 is 0 Å². The molecule has 5 aliphatic heterocycles. The van der Waals surface area contributed by atoms with Crippen LogP contribution in [0.1, 0.15) is 104 Å². The Labute approximate surface area is 480 Å². The lowest BCUT2D eigenvalue weighted by Gasteiger charge is -2.24. The number of thioether (sulfide) groups is 1. The molecule has 4 aromatic carbocycles. The number of hydrogen-bond acceptors (Lipinski definition) is 15. The van der Waals surface area contributed by atoms with Crippen molar-refractivity contribution in [3.63, 3.8) is 0 Å². The van der Waals surface area contributed by atoms with E-state index in [9.17, 15) is 33.6 Å². The first-order valence-corrected chi connectivity index (χ1v) is 28.7. The van der Waals surface area contributed by atoms with Crippen LogP contribution in [-0.2, 0) is 24.0 Å². The van der Waals surface area contributed by atoms with Gasteiger partial charge in [0.1, 0.15) is 17.8 Å². The van der Waals surface area contributed by atoms with Gasteiger partial charge in [0, 0.05) is 81.3 Å². The third-order valence-electron chi connectivity index (χ3n) is 15.0. The molecule has 0 saturated carbocycles. The Hall–Kier alpha value is -8.46. The van der Waals surface area contributed by atoms with Crippen LogP contribution in [0.4, 0.5) is 17.1 Å². The van der Waals surface area contributed by atoms with Crippen molar-refractivity contribution in [1.82, 2.24) is 25.3 Å². The smallest absolute Gasteiger partial charge is 0.260 e. The van der Waals surface area contributed by atoms with Crippen molar-refractivity contribution in [2.24, 2.45) is 15.9 Å². The fraction of sp³-hybridized carbons (Fsp3) is 0.393. The van der Waals surface area contributed by atoms with Crippen LogP contribution in [0, 0.1) is 5.92 Å². The maximum Gasteiger partial charge on any atom is 0.260 e. The summed E-state index contributed by atoms with van der Waals surface area (Å²) in [6.07, 6.45) is 12.8. The highest BCUT2D eigenvalue weighted by Gasteiger charge is 2.38. The Morgan fingerprint density at radius 1 is 0.646 bits per heavy atom. The minimum absolute atomic E-state index is 0.156. The number of hydrogen-bond donors (Lipinski definition) is 3. The van der Waals surface area contributed by atoms with Crippen molar-refractivity contribution in [2.75, 3.05) is 52.7 Å². The summed E-state index contributed by atoms with van der Waals surface area (Å²) in [7, 11) is 4.65. The first kappa shape index (κ1) is 58.2. The van der Waals surface area contributed by atoms with Gasteiger partial charge in [0.15, 0.2) is 23.0 Å². The number of nitrogens with zero attached hydrogens (tertiary/aromatic N) is 5. The predicted octanol–water partition coefficient (Wildman–Crippen LogP) is 8.14. The molecule has 1 fully saturated rings. The van der Waals surface area contributed by atoms with E-state index in [0.717, 1.165) is 28.0 Å². The zero-order chi connectivity index (χ0) is 58.2. The molecule has 5 atom stereocenters. The largest absolute Gasteiger partial charge is 0.497 e. The molecule has 0 aromatic heterocycles. The SMILES string of the molecule is COc1ccc(C2=CN3C(=O)c4cc(OC)c(OCCCOc5cc6c(cc5OC)C(=O)N5C=C(c7ccc(NC(=O)[C@H](C)NC(=O)C(NC(=O)CCCCCN8C(=O)CC(SC)C8=O)C(C)C)cc7)CC5C=N6)cc4N=C[C@@H]3C2)cc1. The Kier molecular flexibility index (Phi) is 18.4. The Morgan fingerprint density at radius 3 is 1.70 bits per heavy atom. The number of carbonyl (C=O) groups is 7. The highest BCUT2D eigenvalue weighted by atomic mass is 32.2. The number of aliphatic imine (C=N–C) groups is 2. The zero-order valence-electron chi connectivity index (χ0n) is 47.0. The normalized spacial score (nSPS) is 18.6. The van der Waals surface area contributed by atoms with Crippen molar-refractivity contribution in [3.8, 4) is 28.7 Å². The van der Waals surface area contributed by atoms with Crippen molar-refractivity contribution >= 4 is 93.7 Å². The van der Waals surface area contributed by atoms with Crippen LogP contribution in [0.2, 0.25) is 0 Å². The molecule has 0 aliphatic carbocycles. The van der Waals surface area contributed by atoms with E-state index in [2.05, 4.69) is 16.0 Å². The summed E-state index contributed by atoms with van der Waals surface area (Å²) in [5.41, 5.74) is 5.95. The fourth-order valence-corrected chi connectivity index (χ4v) is 11.0. The quantitative estimate of drug-likeness (QED) is 0.0444. The molecule has 9 rings (SSSR count). The number of rotatable bonds is 24. The number of methoxy groups -OCH3 is 3. The number of unbranched alkanes of at least 4 members (excludes halogenated alkanes) is 2. The molecule has 3 unspecified atom stereocenters. The molecule has 5 aliphatic rings. The van der Waals surface area contributed by atoms with Gasteiger partial charge in [-0.25, -0.2) is 0 Å². The number of amides is 7. The van der Waals surface area contributed by atoms with Gasteiger partial charge in [-0.15, -0.1) is 0 Å².